The monoisotopic (exact) mass is 705 g/mol. The third-order valence-electron chi connectivity index (χ3n) is 6.88. The molecule has 1 atom stereocenters. The second kappa shape index (κ2) is 13.9. The SMILES string of the molecule is CCOC(=O)C1=C(C)N=c2s/c(=C\c3cc(Cl)cc(Br)c3OCc3ccc(C#N)cc3)c(=O)n2[C@H]1c1ccccc1OC(C)C. The van der Waals surface area contributed by atoms with Crippen LogP contribution in [-0.4, -0.2) is 23.2 Å². The molecule has 0 bridgehead atoms. The van der Waals surface area contributed by atoms with Crippen LogP contribution in [0.3, 0.4) is 0 Å². The molecule has 0 fully saturated rings. The van der Waals surface area contributed by atoms with Crippen LogP contribution in [0.5, 0.6) is 11.5 Å². The van der Waals surface area contributed by atoms with Gasteiger partial charge in [0.15, 0.2) is 4.80 Å². The lowest BCUT2D eigenvalue weighted by atomic mass is 9.95. The smallest absolute Gasteiger partial charge is 0.338 e. The summed E-state index contributed by atoms with van der Waals surface area (Å²) in [6, 6.07) is 19.2. The number of nitrogens with zero attached hydrogens (tertiary/aromatic N) is 3. The number of allylic oxidation sites excluding steroid dienone is 1. The third-order valence-corrected chi connectivity index (χ3v) is 8.67. The molecule has 0 amide bonds. The Hall–Kier alpha value is -4.17. The van der Waals surface area contributed by atoms with Crippen LogP contribution in [-0.2, 0) is 16.1 Å². The van der Waals surface area contributed by atoms with E-state index in [4.69, 9.17) is 31.1 Å². The number of esters is 1. The number of ether oxygens (including phenoxy) is 3. The maximum atomic E-state index is 14.2. The van der Waals surface area contributed by atoms with Crippen LogP contribution in [0, 0.1) is 11.3 Å². The van der Waals surface area contributed by atoms with Crippen LogP contribution in [0.1, 0.15) is 56.0 Å². The van der Waals surface area contributed by atoms with Crippen molar-refractivity contribution < 1.29 is 19.0 Å². The van der Waals surface area contributed by atoms with Crippen molar-refractivity contribution in [2.24, 2.45) is 4.99 Å². The summed E-state index contributed by atoms with van der Waals surface area (Å²) in [6.45, 7) is 7.71. The second-order valence-electron chi connectivity index (χ2n) is 10.4. The van der Waals surface area contributed by atoms with Crippen molar-refractivity contribution in [3.05, 3.63) is 123 Å². The largest absolute Gasteiger partial charge is 0.491 e. The first-order valence-corrected chi connectivity index (χ1v) is 16.2. The highest BCUT2D eigenvalue weighted by molar-refractivity contribution is 9.10. The summed E-state index contributed by atoms with van der Waals surface area (Å²) in [5, 5.41) is 9.55. The Labute approximate surface area is 277 Å². The number of carbonyl (C=O) groups excluding carboxylic acids is 1. The van der Waals surface area contributed by atoms with E-state index in [2.05, 4.69) is 27.0 Å². The van der Waals surface area contributed by atoms with Crippen molar-refractivity contribution in [3.63, 3.8) is 0 Å². The number of para-hydroxylation sites is 1. The molecular formula is C34H29BrClN3O5S. The van der Waals surface area contributed by atoms with E-state index in [1.165, 1.54) is 15.9 Å². The van der Waals surface area contributed by atoms with E-state index in [0.717, 1.165) is 5.56 Å². The Morgan fingerprint density at radius 3 is 2.62 bits per heavy atom. The molecule has 0 saturated heterocycles. The van der Waals surface area contributed by atoms with Crippen molar-refractivity contribution in [2.45, 2.75) is 46.4 Å². The van der Waals surface area contributed by atoms with Crippen molar-refractivity contribution in [1.82, 2.24) is 4.57 Å². The zero-order valence-electron chi connectivity index (χ0n) is 25.0. The highest BCUT2D eigenvalue weighted by Crippen LogP contribution is 2.37. The van der Waals surface area contributed by atoms with Gasteiger partial charge in [0.2, 0.25) is 0 Å². The molecule has 0 spiro atoms. The van der Waals surface area contributed by atoms with Crippen LogP contribution in [0.25, 0.3) is 6.08 Å². The minimum Gasteiger partial charge on any atom is -0.491 e. The van der Waals surface area contributed by atoms with E-state index >= 15 is 0 Å². The molecule has 1 aliphatic heterocycles. The summed E-state index contributed by atoms with van der Waals surface area (Å²) in [5.41, 5.74) is 3.04. The number of benzene rings is 3. The van der Waals surface area contributed by atoms with E-state index in [0.29, 0.717) is 52.7 Å². The van der Waals surface area contributed by atoms with Crippen LogP contribution in [0.15, 0.2) is 86.2 Å². The minimum absolute atomic E-state index is 0.137. The van der Waals surface area contributed by atoms with E-state index < -0.39 is 12.0 Å². The topological polar surface area (TPSA) is 103 Å². The maximum absolute atomic E-state index is 14.2. The zero-order chi connectivity index (χ0) is 32.2. The Morgan fingerprint density at radius 1 is 1.20 bits per heavy atom. The van der Waals surface area contributed by atoms with Crippen LogP contribution in [0.2, 0.25) is 5.02 Å². The third kappa shape index (κ3) is 6.91. The molecule has 1 aromatic heterocycles. The van der Waals surface area contributed by atoms with E-state index in [1.807, 2.05) is 50.2 Å². The lowest BCUT2D eigenvalue weighted by Gasteiger charge is -2.26. The summed E-state index contributed by atoms with van der Waals surface area (Å²) < 4.78 is 20.3. The first kappa shape index (κ1) is 32.2. The number of hydrogen-bond donors (Lipinski definition) is 0. The number of carbonyl (C=O) groups is 1. The summed E-state index contributed by atoms with van der Waals surface area (Å²) in [4.78, 5) is 32.7. The molecule has 3 aromatic carbocycles. The lowest BCUT2D eigenvalue weighted by molar-refractivity contribution is -0.139. The van der Waals surface area contributed by atoms with Gasteiger partial charge in [-0.2, -0.15) is 5.26 Å². The molecule has 0 radical (unpaired) electrons. The van der Waals surface area contributed by atoms with Crippen molar-refractivity contribution >= 4 is 50.9 Å². The second-order valence-corrected chi connectivity index (χ2v) is 12.7. The molecule has 0 N–H and O–H groups in total. The quantitative estimate of drug-likeness (QED) is 0.186. The standard InChI is InChI=1S/C34H29BrClN3O5S/c1-5-42-33(41)29-20(4)38-34-39(30(29)25-8-6-7-9-27(25)44-19(2)3)32(40)28(45-34)15-23-14-24(36)16-26(35)31(23)43-18-22-12-10-21(17-37)11-13-22/h6-16,19,30H,5,18H2,1-4H3/b28-15-/t30-/m0/s1. The molecule has 8 nitrogen and oxygen atoms in total. The average Bonchev–Trinajstić information content (AvgIpc) is 3.30. The first-order valence-electron chi connectivity index (χ1n) is 14.2. The average molecular weight is 707 g/mol. The van der Waals surface area contributed by atoms with Gasteiger partial charge in [-0.25, -0.2) is 9.79 Å². The van der Waals surface area contributed by atoms with Crippen LogP contribution < -0.4 is 24.4 Å². The van der Waals surface area contributed by atoms with Crippen molar-refractivity contribution in [3.8, 4) is 17.6 Å². The first-order chi connectivity index (χ1) is 21.6. The van der Waals surface area contributed by atoms with E-state index in [-0.39, 0.29) is 30.5 Å². The van der Waals surface area contributed by atoms with Crippen molar-refractivity contribution in [1.29, 1.82) is 5.26 Å². The molecular weight excluding hydrogens is 678 g/mol. The van der Waals surface area contributed by atoms with E-state index in [1.54, 1.807) is 44.2 Å². The number of thiazole rings is 1. The fourth-order valence-electron chi connectivity index (χ4n) is 4.97. The molecule has 4 aromatic rings. The Balaban J connectivity index is 1.66. The molecule has 5 rings (SSSR count). The molecule has 1 aliphatic rings. The fourth-order valence-corrected chi connectivity index (χ4v) is 6.95. The minimum atomic E-state index is -0.824. The van der Waals surface area contributed by atoms with Gasteiger partial charge in [-0.15, -0.1) is 0 Å². The predicted molar refractivity (Wildman–Crippen MR) is 177 cm³/mol. The Bertz CT molecular complexity index is 2030. The van der Waals surface area contributed by atoms with Gasteiger partial charge in [-0.1, -0.05) is 53.3 Å². The number of aromatic nitrogens is 1. The maximum Gasteiger partial charge on any atom is 0.338 e. The lowest BCUT2D eigenvalue weighted by Crippen LogP contribution is -2.40. The number of rotatable bonds is 9. The summed E-state index contributed by atoms with van der Waals surface area (Å²) >= 11 is 11.2. The van der Waals surface area contributed by atoms with Crippen LogP contribution >= 0.6 is 38.9 Å². The van der Waals surface area contributed by atoms with Gasteiger partial charge in [0.05, 0.1) is 44.6 Å². The summed E-state index contributed by atoms with van der Waals surface area (Å²) in [5.74, 6) is 0.501. The number of fused-ring (bicyclic) bond motifs is 1. The highest BCUT2D eigenvalue weighted by atomic mass is 79.9. The van der Waals surface area contributed by atoms with Gasteiger partial charge in [-0.3, -0.25) is 9.36 Å². The zero-order valence-corrected chi connectivity index (χ0v) is 28.1. The van der Waals surface area contributed by atoms with E-state index in [9.17, 15) is 9.59 Å². The fraction of sp³-hybridized carbons (Fsp3) is 0.235. The Kier molecular flexibility index (Phi) is 9.93. The molecule has 2 heterocycles. The van der Waals surface area contributed by atoms with Crippen molar-refractivity contribution in [2.75, 3.05) is 6.61 Å². The molecule has 230 valence electrons. The molecule has 0 saturated carbocycles. The highest BCUT2D eigenvalue weighted by Gasteiger charge is 2.35. The van der Waals surface area contributed by atoms with Gasteiger partial charge in [0.25, 0.3) is 5.56 Å². The Morgan fingerprint density at radius 2 is 1.93 bits per heavy atom. The normalized spacial score (nSPS) is 14.5. The van der Waals surface area contributed by atoms with Gasteiger partial charge in [-0.05, 0) is 85.6 Å². The van der Waals surface area contributed by atoms with Gasteiger partial charge in [0.1, 0.15) is 24.1 Å². The predicted octanol–water partition coefficient (Wildman–Crippen LogP) is 6.45. The van der Waals surface area contributed by atoms with Gasteiger partial charge >= 0.3 is 5.97 Å². The number of hydrogen-bond acceptors (Lipinski definition) is 8. The number of nitriles is 1. The summed E-state index contributed by atoms with van der Waals surface area (Å²) in [7, 11) is 0. The molecule has 0 unspecified atom stereocenters. The molecule has 0 aliphatic carbocycles. The van der Waals surface area contributed by atoms with Gasteiger partial charge < -0.3 is 14.2 Å². The summed E-state index contributed by atoms with van der Waals surface area (Å²) in [6.07, 6.45) is 1.58. The van der Waals surface area contributed by atoms with Gasteiger partial charge in [0, 0.05) is 16.1 Å². The van der Waals surface area contributed by atoms with Crippen LogP contribution in [0.4, 0.5) is 0 Å². The molecule has 11 heteroatoms. The molecule has 45 heavy (non-hydrogen) atoms. The number of halogens is 2.